The SMILES string of the molecule is NC(=O)COCCNC1COc2cc(O)ccc21. The van der Waals surface area contributed by atoms with Crippen LogP contribution in [-0.4, -0.2) is 37.4 Å². The Morgan fingerprint density at radius 3 is 3.22 bits per heavy atom. The van der Waals surface area contributed by atoms with Gasteiger partial charge in [0, 0.05) is 18.2 Å². The van der Waals surface area contributed by atoms with E-state index in [9.17, 15) is 9.90 Å². The molecule has 1 unspecified atom stereocenters. The van der Waals surface area contributed by atoms with E-state index in [-0.39, 0.29) is 18.4 Å². The molecule has 1 aliphatic heterocycles. The molecule has 0 saturated carbocycles. The molecule has 0 saturated heterocycles. The van der Waals surface area contributed by atoms with Crippen LogP contribution in [0.4, 0.5) is 0 Å². The molecule has 0 aliphatic carbocycles. The van der Waals surface area contributed by atoms with Crippen molar-refractivity contribution >= 4 is 5.91 Å². The summed E-state index contributed by atoms with van der Waals surface area (Å²) in [5, 5.41) is 12.6. The monoisotopic (exact) mass is 252 g/mol. The number of fused-ring (bicyclic) bond motifs is 1. The first kappa shape index (κ1) is 12.7. The van der Waals surface area contributed by atoms with Crippen LogP contribution in [0.5, 0.6) is 11.5 Å². The van der Waals surface area contributed by atoms with E-state index < -0.39 is 5.91 Å². The van der Waals surface area contributed by atoms with Crippen molar-refractivity contribution in [1.29, 1.82) is 0 Å². The van der Waals surface area contributed by atoms with Crippen LogP contribution in [0.1, 0.15) is 11.6 Å². The minimum absolute atomic E-state index is 0.0622. The van der Waals surface area contributed by atoms with E-state index in [1.54, 1.807) is 12.1 Å². The summed E-state index contributed by atoms with van der Waals surface area (Å²) < 4.78 is 10.5. The average Bonchev–Trinajstić information content (AvgIpc) is 2.70. The van der Waals surface area contributed by atoms with Crippen molar-refractivity contribution in [2.75, 3.05) is 26.4 Å². The number of benzene rings is 1. The number of rotatable bonds is 6. The van der Waals surface area contributed by atoms with Gasteiger partial charge in [0.15, 0.2) is 0 Å². The smallest absolute Gasteiger partial charge is 0.243 e. The first-order valence-electron chi connectivity index (χ1n) is 5.72. The van der Waals surface area contributed by atoms with Crippen molar-refractivity contribution in [3.8, 4) is 11.5 Å². The van der Waals surface area contributed by atoms with E-state index in [2.05, 4.69) is 5.32 Å². The summed E-state index contributed by atoms with van der Waals surface area (Å²) in [6, 6.07) is 5.14. The summed E-state index contributed by atoms with van der Waals surface area (Å²) in [6.45, 7) is 1.47. The second-order valence-corrected chi connectivity index (χ2v) is 4.06. The van der Waals surface area contributed by atoms with Crippen LogP contribution < -0.4 is 15.8 Å². The van der Waals surface area contributed by atoms with Crippen LogP contribution in [0.3, 0.4) is 0 Å². The zero-order chi connectivity index (χ0) is 13.0. The lowest BCUT2D eigenvalue weighted by atomic mass is 10.1. The summed E-state index contributed by atoms with van der Waals surface area (Å²) in [5.74, 6) is 0.421. The Morgan fingerprint density at radius 2 is 2.44 bits per heavy atom. The van der Waals surface area contributed by atoms with Crippen LogP contribution in [0.25, 0.3) is 0 Å². The third-order valence-electron chi connectivity index (χ3n) is 2.66. The molecule has 1 aromatic rings. The predicted octanol–water partition coefficient (Wildman–Crippen LogP) is -0.0828. The van der Waals surface area contributed by atoms with Gasteiger partial charge in [-0.2, -0.15) is 0 Å². The fourth-order valence-corrected chi connectivity index (χ4v) is 1.85. The maximum atomic E-state index is 10.4. The van der Waals surface area contributed by atoms with Gasteiger partial charge < -0.3 is 25.6 Å². The van der Waals surface area contributed by atoms with Crippen LogP contribution in [0.2, 0.25) is 0 Å². The standard InChI is InChI=1S/C12H16N2O4/c13-12(16)7-17-4-3-14-10-6-18-11-5-8(15)1-2-9(10)11/h1-2,5,10,14-15H,3-4,6-7H2,(H2,13,16). The first-order chi connectivity index (χ1) is 8.66. The van der Waals surface area contributed by atoms with Crippen molar-refractivity contribution in [2.24, 2.45) is 5.73 Å². The second-order valence-electron chi connectivity index (χ2n) is 4.06. The van der Waals surface area contributed by atoms with Crippen molar-refractivity contribution in [3.63, 3.8) is 0 Å². The van der Waals surface area contributed by atoms with E-state index in [0.717, 1.165) is 5.56 Å². The fourth-order valence-electron chi connectivity index (χ4n) is 1.85. The molecule has 6 heteroatoms. The van der Waals surface area contributed by atoms with Gasteiger partial charge in [-0.05, 0) is 12.1 Å². The van der Waals surface area contributed by atoms with Gasteiger partial charge in [-0.15, -0.1) is 0 Å². The first-order valence-corrected chi connectivity index (χ1v) is 5.72. The Balaban J connectivity index is 1.78. The summed E-state index contributed by atoms with van der Waals surface area (Å²) in [4.78, 5) is 10.4. The number of nitrogens with two attached hydrogens (primary N) is 1. The summed E-state index contributed by atoms with van der Waals surface area (Å²) in [5.41, 5.74) is 5.96. The summed E-state index contributed by atoms with van der Waals surface area (Å²) >= 11 is 0. The molecule has 1 heterocycles. The number of phenolic OH excluding ortho intramolecular Hbond substituents is 1. The van der Waals surface area contributed by atoms with E-state index in [4.69, 9.17) is 15.2 Å². The number of hydrogen-bond acceptors (Lipinski definition) is 5. The Hall–Kier alpha value is -1.79. The minimum atomic E-state index is -0.472. The van der Waals surface area contributed by atoms with E-state index in [1.807, 2.05) is 6.07 Å². The quantitative estimate of drug-likeness (QED) is 0.615. The molecule has 0 bridgehead atoms. The molecule has 18 heavy (non-hydrogen) atoms. The fraction of sp³-hybridized carbons (Fsp3) is 0.417. The van der Waals surface area contributed by atoms with Crippen molar-refractivity contribution < 1.29 is 19.4 Å². The third-order valence-corrected chi connectivity index (χ3v) is 2.66. The lowest BCUT2D eigenvalue weighted by molar-refractivity contribution is -0.122. The van der Waals surface area contributed by atoms with Crippen molar-refractivity contribution in [1.82, 2.24) is 5.32 Å². The maximum Gasteiger partial charge on any atom is 0.243 e. The molecule has 1 aliphatic rings. The molecule has 6 nitrogen and oxygen atoms in total. The van der Waals surface area contributed by atoms with E-state index in [0.29, 0.717) is 25.5 Å². The third kappa shape index (κ3) is 3.12. The number of carbonyl (C=O) groups is 1. The molecule has 0 fully saturated rings. The zero-order valence-corrected chi connectivity index (χ0v) is 9.89. The van der Waals surface area contributed by atoms with Gasteiger partial charge in [-0.25, -0.2) is 0 Å². The summed E-state index contributed by atoms with van der Waals surface area (Å²) in [6.07, 6.45) is 0. The number of aromatic hydroxyl groups is 1. The molecule has 1 aromatic carbocycles. The number of carbonyl (C=O) groups excluding carboxylic acids is 1. The number of amides is 1. The lowest BCUT2D eigenvalue weighted by Gasteiger charge is -2.11. The number of nitrogens with one attached hydrogen (secondary N) is 1. The van der Waals surface area contributed by atoms with Gasteiger partial charge in [0.2, 0.25) is 5.91 Å². The van der Waals surface area contributed by atoms with Crippen LogP contribution >= 0.6 is 0 Å². The van der Waals surface area contributed by atoms with Crippen LogP contribution in [0.15, 0.2) is 18.2 Å². The zero-order valence-electron chi connectivity index (χ0n) is 9.89. The van der Waals surface area contributed by atoms with Crippen molar-refractivity contribution in [2.45, 2.75) is 6.04 Å². The van der Waals surface area contributed by atoms with Crippen LogP contribution in [0, 0.1) is 0 Å². The molecule has 2 rings (SSSR count). The van der Waals surface area contributed by atoms with Gasteiger partial charge >= 0.3 is 0 Å². The molecule has 0 radical (unpaired) electrons. The van der Waals surface area contributed by atoms with Gasteiger partial charge in [0.05, 0.1) is 12.6 Å². The van der Waals surface area contributed by atoms with Gasteiger partial charge in [0.25, 0.3) is 0 Å². The topological polar surface area (TPSA) is 93.8 Å². The number of hydrogen-bond donors (Lipinski definition) is 3. The average molecular weight is 252 g/mol. The molecule has 98 valence electrons. The largest absolute Gasteiger partial charge is 0.508 e. The molecule has 1 atom stereocenters. The van der Waals surface area contributed by atoms with Crippen molar-refractivity contribution in [3.05, 3.63) is 23.8 Å². The highest BCUT2D eigenvalue weighted by atomic mass is 16.5. The van der Waals surface area contributed by atoms with Gasteiger partial charge in [0.1, 0.15) is 24.7 Å². The highest BCUT2D eigenvalue weighted by Gasteiger charge is 2.23. The molecule has 0 spiro atoms. The summed E-state index contributed by atoms with van der Waals surface area (Å²) in [7, 11) is 0. The molecule has 0 aromatic heterocycles. The Labute approximate surface area is 105 Å². The predicted molar refractivity (Wildman–Crippen MR) is 64.4 cm³/mol. The number of primary amides is 1. The Kier molecular flexibility index (Phi) is 4.01. The molecular formula is C12H16N2O4. The highest BCUT2D eigenvalue weighted by molar-refractivity contribution is 5.74. The van der Waals surface area contributed by atoms with Crippen LogP contribution in [-0.2, 0) is 9.53 Å². The lowest BCUT2D eigenvalue weighted by Crippen LogP contribution is -2.28. The molecule has 1 amide bonds. The molecular weight excluding hydrogens is 236 g/mol. The molecule has 4 N–H and O–H groups in total. The normalized spacial score (nSPS) is 17.2. The minimum Gasteiger partial charge on any atom is -0.508 e. The maximum absolute atomic E-state index is 10.4. The highest BCUT2D eigenvalue weighted by Crippen LogP contribution is 2.34. The van der Waals surface area contributed by atoms with Gasteiger partial charge in [-0.3, -0.25) is 4.79 Å². The number of phenols is 1. The Bertz CT molecular complexity index is 436. The van der Waals surface area contributed by atoms with Gasteiger partial charge in [-0.1, -0.05) is 0 Å². The number of ether oxygens (including phenoxy) is 2. The van der Waals surface area contributed by atoms with E-state index >= 15 is 0 Å². The second kappa shape index (κ2) is 5.70. The van der Waals surface area contributed by atoms with E-state index in [1.165, 1.54) is 0 Å². The Morgan fingerprint density at radius 1 is 1.61 bits per heavy atom.